The van der Waals surface area contributed by atoms with Gasteiger partial charge >= 0.3 is 12.1 Å². The maximum absolute atomic E-state index is 15.2. The number of piperazine rings is 1. The highest BCUT2D eigenvalue weighted by molar-refractivity contribution is 7.88. The van der Waals surface area contributed by atoms with Gasteiger partial charge in [0.25, 0.3) is 5.91 Å². The lowest BCUT2D eigenvalue weighted by Crippen LogP contribution is -2.65. The number of rotatable bonds is 4. The molecular weight excluding hydrogens is 619 g/mol. The summed E-state index contributed by atoms with van der Waals surface area (Å²) in [5, 5.41) is 11.4. The van der Waals surface area contributed by atoms with Gasteiger partial charge in [-0.2, -0.15) is 26.3 Å². The Kier molecular flexibility index (Phi) is 7.68. The SMILES string of the molecule is C[C@]12C[C@H](c3ccc(C(=O)N4CCN(S(C)(=O)=O)CC4)cc3)C3=C4CCC(=O)C=C4CC[C@H]3[C@@H]1CC[C@]2(O)C(F)(F)C(F)(F)F. The molecule has 1 aliphatic heterocycles. The Morgan fingerprint density at radius 2 is 1.62 bits per heavy atom. The fourth-order valence-corrected chi connectivity index (χ4v) is 9.80. The average molecular weight is 657 g/mol. The lowest BCUT2D eigenvalue weighted by atomic mass is 9.50. The molecule has 45 heavy (non-hydrogen) atoms. The van der Waals surface area contributed by atoms with Gasteiger partial charge in [-0.1, -0.05) is 24.6 Å². The van der Waals surface area contributed by atoms with Gasteiger partial charge < -0.3 is 10.0 Å². The number of nitrogens with zero attached hydrogens (tertiary/aromatic N) is 2. The van der Waals surface area contributed by atoms with E-state index in [1.165, 1.54) is 11.2 Å². The molecule has 1 heterocycles. The Bertz CT molecular complexity index is 1580. The molecule has 246 valence electrons. The molecule has 0 radical (unpaired) electrons. The van der Waals surface area contributed by atoms with Gasteiger partial charge in [-0.05, 0) is 85.3 Å². The quantitative estimate of drug-likeness (QED) is 0.448. The fraction of sp³-hybridized carbons (Fsp3) is 0.625. The molecule has 1 amide bonds. The van der Waals surface area contributed by atoms with Crippen LogP contribution >= 0.6 is 0 Å². The van der Waals surface area contributed by atoms with Crippen LogP contribution in [-0.2, 0) is 14.8 Å². The fourth-order valence-electron chi connectivity index (χ4n) is 8.98. The number of carbonyl (C=O) groups excluding carboxylic acids is 2. The van der Waals surface area contributed by atoms with Crippen LogP contribution in [0.2, 0.25) is 0 Å². The molecule has 0 aromatic heterocycles. The molecule has 1 saturated heterocycles. The number of sulfonamides is 1. The summed E-state index contributed by atoms with van der Waals surface area (Å²) < 4.78 is 96.8. The lowest BCUT2D eigenvalue weighted by Gasteiger charge is -2.56. The number of hydrogen-bond donors (Lipinski definition) is 1. The number of carbonyl (C=O) groups is 2. The standard InChI is InChI=1S/C32H37F5N2O5S/c1-29-18-25(19-3-5-20(6-4-19)28(41)38-13-15-39(16-14-38)45(2,43)44)27-23-10-8-22(40)17-21(23)7-9-24(27)26(29)11-12-30(29,42)31(33,34)32(35,36)37/h3-6,17,24-26,42H,7-16,18H2,1-2H3/t24-,25+,26-,29-,30+/m0/s1. The second-order valence-electron chi connectivity index (χ2n) is 13.5. The van der Waals surface area contributed by atoms with Gasteiger partial charge in [-0.3, -0.25) is 9.59 Å². The van der Waals surface area contributed by atoms with Crippen molar-refractivity contribution in [1.82, 2.24) is 9.21 Å². The highest BCUT2D eigenvalue weighted by atomic mass is 32.2. The van der Waals surface area contributed by atoms with E-state index in [4.69, 9.17) is 0 Å². The van der Waals surface area contributed by atoms with Gasteiger partial charge in [0.1, 0.15) is 5.60 Å². The molecule has 1 aromatic rings. The molecule has 1 aromatic carbocycles. The zero-order valence-electron chi connectivity index (χ0n) is 25.2. The zero-order valence-corrected chi connectivity index (χ0v) is 26.0. The van der Waals surface area contributed by atoms with E-state index in [0.29, 0.717) is 36.8 Å². The van der Waals surface area contributed by atoms with Crippen LogP contribution in [0.1, 0.15) is 73.7 Å². The molecule has 5 atom stereocenters. The van der Waals surface area contributed by atoms with Gasteiger partial charge in [0.05, 0.1) is 6.26 Å². The first-order valence-electron chi connectivity index (χ1n) is 15.4. The summed E-state index contributed by atoms with van der Waals surface area (Å²) in [6.45, 7) is 2.16. The van der Waals surface area contributed by atoms with Crippen molar-refractivity contribution in [2.24, 2.45) is 17.3 Å². The van der Waals surface area contributed by atoms with Crippen LogP contribution in [0.15, 0.2) is 47.1 Å². The summed E-state index contributed by atoms with van der Waals surface area (Å²) >= 11 is 0. The summed E-state index contributed by atoms with van der Waals surface area (Å²) in [7, 11) is -3.38. The Labute approximate surface area is 259 Å². The Balaban J connectivity index is 1.37. The molecule has 5 aliphatic rings. The van der Waals surface area contributed by atoms with Crippen molar-refractivity contribution in [1.29, 1.82) is 0 Å². The molecular formula is C32H37F5N2O5S. The number of aliphatic hydroxyl groups is 1. The van der Waals surface area contributed by atoms with Crippen LogP contribution in [0.3, 0.4) is 0 Å². The topological polar surface area (TPSA) is 95.0 Å². The summed E-state index contributed by atoms with van der Waals surface area (Å²) in [6.07, 6.45) is -2.20. The second kappa shape index (κ2) is 10.7. The predicted molar refractivity (Wildman–Crippen MR) is 155 cm³/mol. The highest BCUT2D eigenvalue weighted by Crippen LogP contribution is 2.70. The predicted octanol–water partition coefficient (Wildman–Crippen LogP) is 5.23. The van der Waals surface area contributed by atoms with Crippen molar-refractivity contribution in [2.45, 2.75) is 75.5 Å². The average Bonchev–Trinajstić information content (AvgIpc) is 3.26. The van der Waals surface area contributed by atoms with Gasteiger partial charge in [0, 0.05) is 49.5 Å². The van der Waals surface area contributed by atoms with E-state index in [1.807, 2.05) is 0 Å². The first kappa shape index (κ1) is 32.3. The second-order valence-corrected chi connectivity index (χ2v) is 15.5. The lowest BCUT2D eigenvalue weighted by molar-refractivity contribution is -0.362. The third-order valence-electron chi connectivity index (χ3n) is 11.3. The number of halogens is 5. The monoisotopic (exact) mass is 656 g/mol. The number of amides is 1. The third kappa shape index (κ3) is 4.99. The van der Waals surface area contributed by atoms with E-state index in [-0.39, 0.29) is 56.6 Å². The highest BCUT2D eigenvalue weighted by Gasteiger charge is 2.79. The van der Waals surface area contributed by atoms with Crippen molar-refractivity contribution < 1.29 is 45.1 Å². The minimum Gasteiger partial charge on any atom is -0.383 e. The number of hydrogen-bond acceptors (Lipinski definition) is 5. The van der Waals surface area contributed by atoms with E-state index in [1.54, 1.807) is 35.2 Å². The summed E-state index contributed by atoms with van der Waals surface area (Å²) in [5.74, 6) is -7.13. The molecule has 1 N–H and O–H groups in total. The normalized spacial score (nSPS) is 33.0. The Morgan fingerprint density at radius 3 is 2.22 bits per heavy atom. The minimum absolute atomic E-state index is 0.00490. The molecule has 0 unspecified atom stereocenters. The third-order valence-corrected chi connectivity index (χ3v) is 12.6. The molecule has 7 nitrogen and oxygen atoms in total. The minimum atomic E-state index is -5.92. The summed E-state index contributed by atoms with van der Waals surface area (Å²) in [5.41, 5.74) is -1.25. The number of benzene rings is 1. The Morgan fingerprint density at radius 1 is 0.978 bits per heavy atom. The van der Waals surface area contributed by atoms with Crippen LogP contribution in [0, 0.1) is 17.3 Å². The molecule has 13 heteroatoms. The van der Waals surface area contributed by atoms with Crippen molar-refractivity contribution in [3.05, 3.63) is 58.2 Å². The summed E-state index contributed by atoms with van der Waals surface area (Å²) in [6, 6.07) is 6.59. The van der Waals surface area contributed by atoms with Gasteiger partial charge in [-0.25, -0.2) is 8.42 Å². The van der Waals surface area contributed by atoms with Crippen molar-refractivity contribution in [2.75, 3.05) is 32.4 Å². The largest absolute Gasteiger partial charge is 0.456 e. The molecule has 0 spiro atoms. The number of fused-ring (bicyclic) bond motifs is 4. The number of ketones is 1. The van der Waals surface area contributed by atoms with Crippen molar-refractivity contribution in [3.8, 4) is 0 Å². The van der Waals surface area contributed by atoms with Crippen LogP contribution < -0.4 is 0 Å². The smallest absolute Gasteiger partial charge is 0.383 e. The van der Waals surface area contributed by atoms with E-state index < -0.39 is 51.4 Å². The van der Waals surface area contributed by atoms with Gasteiger partial charge in [0.2, 0.25) is 10.0 Å². The van der Waals surface area contributed by atoms with E-state index in [9.17, 15) is 36.3 Å². The van der Waals surface area contributed by atoms with Crippen molar-refractivity contribution in [3.63, 3.8) is 0 Å². The molecule has 0 bridgehead atoms. The van der Waals surface area contributed by atoms with E-state index >= 15 is 8.78 Å². The molecule has 4 aliphatic carbocycles. The molecule has 3 fully saturated rings. The van der Waals surface area contributed by atoms with Crippen LogP contribution in [0.4, 0.5) is 22.0 Å². The first-order valence-corrected chi connectivity index (χ1v) is 17.2. The van der Waals surface area contributed by atoms with E-state index in [0.717, 1.165) is 23.0 Å². The maximum atomic E-state index is 15.2. The maximum Gasteiger partial charge on any atom is 0.456 e. The zero-order chi connectivity index (χ0) is 32.7. The van der Waals surface area contributed by atoms with Crippen LogP contribution in [0.5, 0.6) is 0 Å². The van der Waals surface area contributed by atoms with Crippen molar-refractivity contribution >= 4 is 21.7 Å². The van der Waals surface area contributed by atoms with Crippen LogP contribution in [-0.4, -0.2) is 84.6 Å². The van der Waals surface area contributed by atoms with E-state index in [2.05, 4.69) is 0 Å². The van der Waals surface area contributed by atoms with Gasteiger partial charge in [0.15, 0.2) is 5.78 Å². The number of alkyl halides is 5. The molecule has 6 rings (SSSR count). The van der Waals surface area contributed by atoms with Crippen LogP contribution in [0.25, 0.3) is 0 Å². The summed E-state index contributed by atoms with van der Waals surface area (Å²) in [4.78, 5) is 27.1. The van der Waals surface area contributed by atoms with Gasteiger partial charge in [-0.15, -0.1) is 0 Å². The Hall–Kier alpha value is -2.64. The number of allylic oxidation sites excluding steroid dienone is 4. The molecule has 2 saturated carbocycles. The first-order chi connectivity index (χ1) is 20.9.